The second-order valence-corrected chi connectivity index (χ2v) is 7.65. The van der Waals surface area contributed by atoms with Gasteiger partial charge in [0.05, 0.1) is 11.8 Å². The van der Waals surface area contributed by atoms with Crippen molar-refractivity contribution >= 4 is 17.9 Å². The van der Waals surface area contributed by atoms with Crippen LogP contribution in [0.3, 0.4) is 0 Å². The lowest BCUT2D eigenvalue weighted by molar-refractivity contribution is 0.112. The van der Waals surface area contributed by atoms with Gasteiger partial charge in [-0.2, -0.15) is 5.26 Å². The minimum absolute atomic E-state index is 0.0468. The maximum absolute atomic E-state index is 14.5. The monoisotopic (exact) mass is 429 g/mol. The molecule has 6 nitrogen and oxygen atoms in total. The molecule has 0 saturated carbocycles. The highest BCUT2D eigenvalue weighted by Crippen LogP contribution is 2.30. The van der Waals surface area contributed by atoms with Gasteiger partial charge in [-0.1, -0.05) is 12.1 Å². The summed E-state index contributed by atoms with van der Waals surface area (Å²) in [6.45, 7) is 0.235. The number of imidazole rings is 1. The SMILES string of the molecule is N#Cc1cn2c(NCc3c(F)ccc4c3CCC4)ncc(-c3ccc(C=O)c(F)c3)c2n1. The number of aryl methyl sites for hydroxylation is 1. The maximum Gasteiger partial charge on any atom is 0.208 e. The van der Waals surface area contributed by atoms with Crippen LogP contribution in [0.2, 0.25) is 0 Å². The molecule has 0 saturated heterocycles. The number of halogens is 2. The molecule has 0 radical (unpaired) electrons. The Morgan fingerprint density at radius 3 is 2.84 bits per heavy atom. The lowest BCUT2D eigenvalue weighted by Crippen LogP contribution is -2.10. The van der Waals surface area contributed by atoms with Crippen LogP contribution in [0.25, 0.3) is 16.8 Å². The number of nitriles is 1. The summed E-state index contributed by atoms with van der Waals surface area (Å²) in [5.41, 5.74) is 4.32. The standard InChI is InChI=1S/C24H17F2N5O/c25-21-7-6-14-2-1-3-18(14)20(21)11-29-24-28-10-19(23-30-17(9-27)12-31(23)24)15-4-5-16(13-32)22(26)8-15/h4-8,10,12-13H,1-3,11H2,(H,28,29). The Morgan fingerprint density at radius 1 is 1.19 bits per heavy atom. The summed E-state index contributed by atoms with van der Waals surface area (Å²) in [6.07, 6.45) is 6.30. The molecule has 0 spiro atoms. The molecular weight excluding hydrogens is 412 g/mol. The third kappa shape index (κ3) is 3.28. The molecule has 0 aliphatic heterocycles. The van der Waals surface area contributed by atoms with Gasteiger partial charge in [0, 0.05) is 23.9 Å². The number of benzene rings is 2. The molecule has 0 unspecified atom stereocenters. The van der Waals surface area contributed by atoms with Gasteiger partial charge in [-0.25, -0.2) is 18.7 Å². The number of nitrogens with one attached hydrogen (secondary N) is 1. The fraction of sp³-hybridized carbons (Fsp3) is 0.167. The lowest BCUT2D eigenvalue weighted by Gasteiger charge is -2.14. The number of aromatic nitrogens is 3. The Balaban J connectivity index is 1.55. The lowest BCUT2D eigenvalue weighted by atomic mass is 10.0. The Hall–Kier alpha value is -4.12. The first-order chi connectivity index (χ1) is 15.6. The summed E-state index contributed by atoms with van der Waals surface area (Å²) in [4.78, 5) is 19.7. The van der Waals surface area contributed by atoms with Crippen LogP contribution in [-0.4, -0.2) is 20.7 Å². The molecule has 2 aromatic carbocycles. The van der Waals surface area contributed by atoms with Crippen molar-refractivity contribution in [2.75, 3.05) is 5.32 Å². The van der Waals surface area contributed by atoms with Crippen LogP contribution in [0, 0.1) is 23.0 Å². The van der Waals surface area contributed by atoms with Gasteiger partial charge in [0.15, 0.2) is 17.6 Å². The van der Waals surface area contributed by atoms with E-state index in [0.717, 1.165) is 24.8 Å². The molecule has 4 aromatic rings. The molecule has 0 bridgehead atoms. The van der Waals surface area contributed by atoms with Gasteiger partial charge < -0.3 is 5.32 Å². The number of anilines is 1. The van der Waals surface area contributed by atoms with E-state index in [1.165, 1.54) is 36.2 Å². The van der Waals surface area contributed by atoms with Crippen LogP contribution in [0.4, 0.5) is 14.7 Å². The average molecular weight is 429 g/mol. The zero-order chi connectivity index (χ0) is 22.2. The van der Waals surface area contributed by atoms with Gasteiger partial charge >= 0.3 is 0 Å². The second kappa shape index (κ2) is 7.85. The highest BCUT2D eigenvalue weighted by molar-refractivity contribution is 5.82. The van der Waals surface area contributed by atoms with E-state index in [0.29, 0.717) is 34.6 Å². The predicted octanol–water partition coefficient (Wildman–Crippen LogP) is 4.46. The summed E-state index contributed by atoms with van der Waals surface area (Å²) in [7, 11) is 0. The maximum atomic E-state index is 14.5. The highest BCUT2D eigenvalue weighted by atomic mass is 19.1. The van der Waals surface area contributed by atoms with Crippen molar-refractivity contribution < 1.29 is 13.6 Å². The fourth-order valence-electron chi connectivity index (χ4n) is 4.23. The zero-order valence-corrected chi connectivity index (χ0v) is 16.9. The second-order valence-electron chi connectivity index (χ2n) is 7.65. The molecule has 1 aliphatic rings. The van der Waals surface area contributed by atoms with E-state index in [-0.39, 0.29) is 23.6 Å². The van der Waals surface area contributed by atoms with Crippen molar-refractivity contribution in [3.63, 3.8) is 0 Å². The van der Waals surface area contributed by atoms with Crippen molar-refractivity contribution in [1.82, 2.24) is 14.4 Å². The number of nitrogens with zero attached hydrogens (tertiary/aromatic N) is 4. The first-order valence-corrected chi connectivity index (χ1v) is 10.2. The molecular formula is C24H17F2N5O. The van der Waals surface area contributed by atoms with E-state index in [1.54, 1.807) is 10.5 Å². The van der Waals surface area contributed by atoms with E-state index >= 15 is 0 Å². The Labute approximate surface area is 182 Å². The van der Waals surface area contributed by atoms with Gasteiger partial charge in [-0.3, -0.25) is 9.20 Å². The molecule has 1 aliphatic carbocycles. The van der Waals surface area contributed by atoms with Crippen LogP contribution in [0.1, 0.15) is 39.2 Å². The molecule has 5 rings (SSSR count). The molecule has 32 heavy (non-hydrogen) atoms. The summed E-state index contributed by atoms with van der Waals surface area (Å²) < 4.78 is 30.3. The first kappa shape index (κ1) is 19.8. The fourth-order valence-corrected chi connectivity index (χ4v) is 4.23. The summed E-state index contributed by atoms with van der Waals surface area (Å²) in [5, 5.41) is 12.5. The number of rotatable bonds is 5. The molecule has 2 heterocycles. The van der Waals surface area contributed by atoms with Gasteiger partial charge in [-0.05, 0) is 54.2 Å². The smallest absolute Gasteiger partial charge is 0.208 e. The van der Waals surface area contributed by atoms with Gasteiger partial charge in [0.25, 0.3) is 0 Å². The number of aldehydes is 1. The molecule has 1 N–H and O–H groups in total. The third-order valence-corrected chi connectivity index (χ3v) is 5.81. The third-order valence-electron chi connectivity index (χ3n) is 5.81. The molecule has 0 fully saturated rings. The normalized spacial score (nSPS) is 12.5. The largest absolute Gasteiger partial charge is 0.351 e. The topological polar surface area (TPSA) is 83.1 Å². The number of carbonyl (C=O) groups excluding carboxylic acids is 1. The molecule has 2 aromatic heterocycles. The quantitative estimate of drug-likeness (QED) is 0.474. The van der Waals surface area contributed by atoms with Crippen LogP contribution in [0.5, 0.6) is 0 Å². The number of fused-ring (bicyclic) bond motifs is 2. The molecule has 158 valence electrons. The van der Waals surface area contributed by atoms with Gasteiger partial charge in [-0.15, -0.1) is 0 Å². The zero-order valence-electron chi connectivity index (χ0n) is 16.9. The molecule has 0 amide bonds. The Kier molecular flexibility index (Phi) is 4.86. The van der Waals surface area contributed by atoms with E-state index in [2.05, 4.69) is 15.3 Å². The van der Waals surface area contributed by atoms with Crippen molar-refractivity contribution in [2.45, 2.75) is 25.8 Å². The summed E-state index contributed by atoms with van der Waals surface area (Å²) in [6, 6.07) is 9.55. The Bertz CT molecular complexity index is 1420. The van der Waals surface area contributed by atoms with Crippen molar-refractivity contribution in [2.24, 2.45) is 0 Å². The van der Waals surface area contributed by atoms with Gasteiger partial charge in [0.1, 0.15) is 17.7 Å². The van der Waals surface area contributed by atoms with E-state index in [1.807, 2.05) is 12.1 Å². The van der Waals surface area contributed by atoms with Crippen molar-refractivity contribution in [3.8, 4) is 17.2 Å². The average Bonchev–Trinajstić information content (AvgIpc) is 3.45. The van der Waals surface area contributed by atoms with Crippen LogP contribution in [-0.2, 0) is 19.4 Å². The first-order valence-electron chi connectivity index (χ1n) is 10.2. The van der Waals surface area contributed by atoms with E-state index in [9.17, 15) is 18.8 Å². The molecule has 8 heteroatoms. The molecule has 0 atom stereocenters. The van der Waals surface area contributed by atoms with Crippen LogP contribution >= 0.6 is 0 Å². The van der Waals surface area contributed by atoms with E-state index in [4.69, 9.17) is 0 Å². The van der Waals surface area contributed by atoms with Crippen LogP contribution in [0.15, 0.2) is 42.7 Å². The van der Waals surface area contributed by atoms with Crippen LogP contribution < -0.4 is 5.32 Å². The predicted molar refractivity (Wildman–Crippen MR) is 114 cm³/mol. The number of hydrogen-bond donors (Lipinski definition) is 1. The highest BCUT2D eigenvalue weighted by Gasteiger charge is 2.19. The number of hydrogen-bond acceptors (Lipinski definition) is 5. The Morgan fingerprint density at radius 2 is 2.06 bits per heavy atom. The van der Waals surface area contributed by atoms with Crippen molar-refractivity contribution in [3.05, 3.63) is 82.3 Å². The van der Waals surface area contributed by atoms with Gasteiger partial charge in [0.2, 0.25) is 5.95 Å². The summed E-state index contributed by atoms with van der Waals surface area (Å²) >= 11 is 0. The minimum Gasteiger partial charge on any atom is -0.351 e. The number of carbonyl (C=O) groups is 1. The summed E-state index contributed by atoms with van der Waals surface area (Å²) in [5.74, 6) is -0.531. The minimum atomic E-state index is -0.654. The van der Waals surface area contributed by atoms with E-state index < -0.39 is 5.82 Å². The van der Waals surface area contributed by atoms with Crippen molar-refractivity contribution in [1.29, 1.82) is 5.26 Å².